The maximum Gasteiger partial charge on any atom is 0.241 e. The van der Waals surface area contributed by atoms with Crippen molar-refractivity contribution in [2.24, 2.45) is 11.7 Å². The lowest BCUT2D eigenvalue weighted by atomic mass is 9.98. The van der Waals surface area contributed by atoms with Gasteiger partial charge in [-0.2, -0.15) is 0 Å². The number of nitrogens with two attached hydrogens (primary N) is 1. The molecule has 1 aromatic carbocycles. The predicted molar refractivity (Wildman–Crippen MR) is 84.2 cm³/mol. The van der Waals surface area contributed by atoms with E-state index in [0.29, 0.717) is 11.5 Å². The third-order valence-electron chi connectivity index (χ3n) is 3.82. The molecule has 0 amide bonds. The summed E-state index contributed by atoms with van der Waals surface area (Å²) in [5.74, 6) is 0.129. The molecule has 3 N–H and O–H groups in total. The van der Waals surface area contributed by atoms with Gasteiger partial charge in [0.25, 0.3) is 0 Å². The first-order valence-corrected chi connectivity index (χ1v) is 8.12. The van der Waals surface area contributed by atoms with Crippen molar-refractivity contribution in [3.8, 4) is 0 Å². The first-order chi connectivity index (χ1) is 9.28. The molecule has 1 saturated carbocycles. The van der Waals surface area contributed by atoms with E-state index in [4.69, 9.17) is 5.73 Å². The second-order valence-corrected chi connectivity index (χ2v) is 7.27. The minimum Gasteiger partial charge on any atom is -0.329 e. The largest absolute Gasteiger partial charge is 0.329 e. The summed E-state index contributed by atoms with van der Waals surface area (Å²) in [4.78, 5) is 11.5. The Morgan fingerprint density at radius 1 is 1.43 bits per heavy atom. The molecule has 1 aliphatic rings. The summed E-state index contributed by atoms with van der Waals surface area (Å²) >= 11 is 0. The molecule has 1 fully saturated rings. The fourth-order valence-electron chi connectivity index (χ4n) is 2.26. The Morgan fingerprint density at radius 3 is 2.52 bits per heavy atom. The van der Waals surface area contributed by atoms with Gasteiger partial charge in [-0.25, -0.2) is 13.1 Å². The van der Waals surface area contributed by atoms with E-state index in [9.17, 15) is 13.2 Å². The average molecular weight is 333 g/mol. The summed E-state index contributed by atoms with van der Waals surface area (Å²) in [6.07, 6.45) is 1.98. The number of ketones is 1. The van der Waals surface area contributed by atoms with Crippen LogP contribution in [0, 0.1) is 5.92 Å². The number of hydrogen-bond acceptors (Lipinski definition) is 4. The Kier molecular flexibility index (Phi) is 5.55. The van der Waals surface area contributed by atoms with E-state index in [0.717, 1.165) is 12.8 Å². The maximum absolute atomic E-state index is 12.4. The number of carbonyl (C=O) groups excluding carboxylic acids is 1. The molecule has 0 aromatic heterocycles. The van der Waals surface area contributed by atoms with Crippen LogP contribution in [0.1, 0.15) is 37.0 Å². The summed E-state index contributed by atoms with van der Waals surface area (Å²) in [5, 5.41) is 0. The lowest BCUT2D eigenvalue weighted by Gasteiger charge is -2.29. The second kappa shape index (κ2) is 6.44. The number of sulfonamides is 1. The van der Waals surface area contributed by atoms with E-state index in [1.165, 1.54) is 19.1 Å². The minimum atomic E-state index is -3.67. The number of carbonyl (C=O) groups is 1. The number of Topliss-reactive ketones (excluding diaryl/α,β-unsaturated/α-hetero) is 1. The zero-order chi connectivity index (χ0) is 15.0. The molecule has 7 heteroatoms. The van der Waals surface area contributed by atoms with Crippen LogP contribution in [0.15, 0.2) is 29.2 Å². The number of hydrogen-bond donors (Lipinski definition) is 2. The zero-order valence-electron chi connectivity index (χ0n) is 12.1. The summed E-state index contributed by atoms with van der Waals surface area (Å²) < 4.78 is 27.6. The number of halogens is 1. The Bertz CT molecular complexity index is 629. The van der Waals surface area contributed by atoms with E-state index in [1.807, 2.05) is 6.92 Å². The van der Waals surface area contributed by atoms with Crippen LogP contribution < -0.4 is 10.5 Å². The van der Waals surface area contributed by atoms with Crippen LogP contribution in [-0.4, -0.2) is 26.3 Å². The average Bonchev–Trinajstić information content (AvgIpc) is 3.23. The monoisotopic (exact) mass is 332 g/mol. The van der Waals surface area contributed by atoms with Crippen molar-refractivity contribution >= 4 is 28.2 Å². The number of nitrogens with one attached hydrogen (secondary N) is 1. The Hall–Kier alpha value is -0.950. The van der Waals surface area contributed by atoms with Crippen LogP contribution in [0.2, 0.25) is 0 Å². The van der Waals surface area contributed by atoms with Crippen molar-refractivity contribution in [1.82, 2.24) is 4.72 Å². The number of benzene rings is 1. The highest BCUT2D eigenvalue weighted by atomic mass is 35.5. The highest BCUT2D eigenvalue weighted by molar-refractivity contribution is 7.89. The number of rotatable bonds is 6. The lowest BCUT2D eigenvalue weighted by Crippen LogP contribution is -2.52. The third kappa shape index (κ3) is 4.03. The third-order valence-corrected chi connectivity index (χ3v) is 5.43. The van der Waals surface area contributed by atoms with Crippen molar-refractivity contribution in [2.75, 3.05) is 6.54 Å². The van der Waals surface area contributed by atoms with E-state index in [2.05, 4.69) is 4.72 Å². The van der Waals surface area contributed by atoms with Gasteiger partial charge in [0.15, 0.2) is 5.78 Å². The molecule has 118 valence electrons. The Balaban J connectivity index is 0.00000220. The van der Waals surface area contributed by atoms with E-state index >= 15 is 0 Å². The van der Waals surface area contributed by atoms with Gasteiger partial charge in [0.2, 0.25) is 10.0 Å². The summed E-state index contributed by atoms with van der Waals surface area (Å²) in [7, 11) is -3.67. The van der Waals surface area contributed by atoms with E-state index in [-0.39, 0.29) is 29.6 Å². The maximum atomic E-state index is 12.4. The molecule has 0 radical (unpaired) electrons. The van der Waals surface area contributed by atoms with Crippen LogP contribution in [0.5, 0.6) is 0 Å². The van der Waals surface area contributed by atoms with Crippen LogP contribution in [-0.2, 0) is 10.0 Å². The topological polar surface area (TPSA) is 89.3 Å². The van der Waals surface area contributed by atoms with Crippen molar-refractivity contribution in [2.45, 2.75) is 37.1 Å². The van der Waals surface area contributed by atoms with Gasteiger partial charge in [0.05, 0.1) is 4.90 Å². The van der Waals surface area contributed by atoms with Gasteiger partial charge in [-0.15, -0.1) is 12.4 Å². The lowest BCUT2D eigenvalue weighted by molar-refractivity contribution is 0.101. The van der Waals surface area contributed by atoms with Gasteiger partial charge >= 0.3 is 0 Å². The SMILES string of the molecule is CC(=O)c1cccc(S(=O)(=O)NC(C)(CN)C2CC2)c1.Cl. The molecule has 0 spiro atoms. The highest BCUT2D eigenvalue weighted by Crippen LogP contribution is 2.39. The molecule has 1 unspecified atom stereocenters. The highest BCUT2D eigenvalue weighted by Gasteiger charge is 2.43. The summed E-state index contributed by atoms with van der Waals surface area (Å²) in [6, 6.07) is 6.06. The van der Waals surface area contributed by atoms with Crippen molar-refractivity contribution in [1.29, 1.82) is 0 Å². The normalized spacial score (nSPS) is 17.7. The molecule has 5 nitrogen and oxygen atoms in total. The van der Waals surface area contributed by atoms with Crippen LogP contribution >= 0.6 is 12.4 Å². The van der Waals surface area contributed by atoms with Crippen molar-refractivity contribution < 1.29 is 13.2 Å². The minimum absolute atomic E-state index is 0. The Labute approximate surface area is 131 Å². The van der Waals surface area contributed by atoms with Crippen LogP contribution in [0.3, 0.4) is 0 Å². The van der Waals surface area contributed by atoms with Crippen LogP contribution in [0.4, 0.5) is 0 Å². The smallest absolute Gasteiger partial charge is 0.241 e. The van der Waals surface area contributed by atoms with Crippen molar-refractivity contribution in [3.05, 3.63) is 29.8 Å². The molecule has 1 aliphatic carbocycles. The summed E-state index contributed by atoms with van der Waals surface area (Å²) in [6.45, 7) is 3.49. The quantitative estimate of drug-likeness (QED) is 0.776. The van der Waals surface area contributed by atoms with Crippen molar-refractivity contribution in [3.63, 3.8) is 0 Å². The van der Waals surface area contributed by atoms with E-state index in [1.54, 1.807) is 12.1 Å². The molecule has 2 rings (SSSR count). The summed E-state index contributed by atoms with van der Waals surface area (Å²) in [5.41, 5.74) is 5.49. The van der Waals surface area contributed by atoms with Gasteiger partial charge in [0, 0.05) is 17.6 Å². The fraction of sp³-hybridized carbons (Fsp3) is 0.500. The molecule has 0 bridgehead atoms. The van der Waals surface area contributed by atoms with Gasteiger partial charge in [-0.05, 0) is 44.7 Å². The molecule has 1 aromatic rings. The van der Waals surface area contributed by atoms with E-state index < -0.39 is 15.6 Å². The molecular formula is C14H21ClN2O3S. The predicted octanol–water partition coefficient (Wildman–Crippen LogP) is 1.72. The molecule has 0 saturated heterocycles. The molecule has 0 heterocycles. The second-order valence-electron chi connectivity index (χ2n) is 5.59. The first-order valence-electron chi connectivity index (χ1n) is 6.63. The van der Waals surface area contributed by atoms with Gasteiger partial charge in [-0.3, -0.25) is 4.79 Å². The molecule has 0 aliphatic heterocycles. The van der Waals surface area contributed by atoms with Gasteiger partial charge in [0.1, 0.15) is 0 Å². The molecule has 1 atom stereocenters. The molecule has 21 heavy (non-hydrogen) atoms. The van der Waals surface area contributed by atoms with Gasteiger partial charge < -0.3 is 5.73 Å². The fourth-order valence-corrected chi connectivity index (χ4v) is 3.78. The van der Waals surface area contributed by atoms with Crippen LogP contribution in [0.25, 0.3) is 0 Å². The Morgan fingerprint density at radius 2 is 2.05 bits per heavy atom. The molecular weight excluding hydrogens is 312 g/mol. The van der Waals surface area contributed by atoms with Gasteiger partial charge in [-0.1, -0.05) is 12.1 Å². The standard InChI is InChI=1S/C14H20N2O3S.ClH/c1-10(17)11-4-3-5-13(8-11)20(18,19)16-14(2,9-15)12-6-7-12;/h3-5,8,12,16H,6-7,9,15H2,1-2H3;1H. The first kappa shape index (κ1) is 18.1. The zero-order valence-corrected chi connectivity index (χ0v) is 13.8.